The summed E-state index contributed by atoms with van der Waals surface area (Å²) < 4.78 is 28.2. The number of fused-ring (bicyclic) bond motifs is 1. The average Bonchev–Trinajstić information content (AvgIpc) is 2.74. The monoisotopic (exact) mass is 404 g/mol. The van der Waals surface area contributed by atoms with Gasteiger partial charge in [0.25, 0.3) is 0 Å². The Labute approximate surface area is 171 Å². The van der Waals surface area contributed by atoms with Crippen molar-refractivity contribution >= 4 is 11.8 Å². The van der Waals surface area contributed by atoms with Gasteiger partial charge in [0.2, 0.25) is 0 Å². The van der Waals surface area contributed by atoms with Crippen LogP contribution in [-0.2, 0) is 25.7 Å². The van der Waals surface area contributed by atoms with Gasteiger partial charge in [0, 0.05) is 11.5 Å². The Kier molecular flexibility index (Phi) is 9.50. The Balaban J connectivity index is 1.56. The second-order valence-corrected chi connectivity index (χ2v) is 7.28. The number of ether oxygens (including phenoxy) is 5. The van der Waals surface area contributed by atoms with Crippen molar-refractivity contribution in [3.05, 3.63) is 59.7 Å². The predicted octanol–water partition coefficient (Wildman–Crippen LogP) is 3.94. The molecule has 6 heteroatoms. The number of thioether (sulfide) groups is 1. The van der Waals surface area contributed by atoms with E-state index in [1.807, 2.05) is 23.9 Å². The van der Waals surface area contributed by atoms with E-state index < -0.39 is 0 Å². The first kappa shape index (κ1) is 21.0. The lowest BCUT2D eigenvalue weighted by atomic mass is 10.2. The lowest BCUT2D eigenvalue weighted by Crippen LogP contribution is -2.13. The van der Waals surface area contributed by atoms with Crippen molar-refractivity contribution < 1.29 is 23.7 Å². The molecule has 0 aromatic heterocycles. The zero-order chi connectivity index (χ0) is 19.3. The Hall–Kier alpha value is -1.73. The van der Waals surface area contributed by atoms with Gasteiger partial charge in [-0.2, -0.15) is 11.8 Å². The van der Waals surface area contributed by atoms with Crippen LogP contribution < -0.4 is 9.47 Å². The van der Waals surface area contributed by atoms with E-state index in [2.05, 4.69) is 36.4 Å². The van der Waals surface area contributed by atoms with Crippen molar-refractivity contribution in [2.24, 2.45) is 0 Å². The summed E-state index contributed by atoms with van der Waals surface area (Å²) in [7, 11) is 0. The van der Waals surface area contributed by atoms with E-state index in [0.29, 0.717) is 52.9 Å². The van der Waals surface area contributed by atoms with E-state index in [1.165, 1.54) is 11.1 Å². The van der Waals surface area contributed by atoms with Crippen LogP contribution in [0.1, 0.15) is 11.1 Å². The molecule has 152 valence electrons. The van der Waals surface area contributed by atoms with Crippen LogP contribution in [0.15, 0.2) is 48.5 Å². The Morgan fingerprint density at radius 2 is 1.14 bits per heavy atom. The highest BCUT2D eigenvalue weighted by Crippen LogP contribution is 2.30. The smallest absolute Gasteiger partial charge is 0.161 e. The molecule has 0 radical (unpaired) electrons. The van der Waals surface area contributed by atoms with Crippen LogP contribution in [0.4, 0.5) is 0 Å². The zero-order valence-electron chi connectivity index (χ0n) is 16.1. The van der Waals surface area contributed by atoms with Gasteiger partial charge < -0.3 is 23.7 Å². The average molecular weight is 405 g/mol. The van der Waals surface area contributed by atoms with E-state index in [1.54, 1.807) is 0 Å². The largest absolute Gasteiger partial charge is 0.487 e. The number of rotatable bonds is 4. The van der Waals surface area contributed by atoms with Gasteiger partial charge in [-0.3, -0.25) is 0 Å². The molecule has 0 fully saturated rings. The quantitative estimate of drug-likeness (QED) is 0.769. The van der Waals surface area contributed by atoms with E-state index in [0.717, 1.165) is 23.0 Å². The van der Waals surface area contributed by atoms with E-state index >= 15 is 0 Å². The fraction of sp³-hybridized carbons (Fsp3) is 0.455. The van der Waals surface area contributed by atoms with E-state index in [-0.39, 0.29) is 0 Å². The lowest BCUT2D eigenvalue weighted by Gasteiger charge is -2.14. The summed E-state index contributed by atoms with van der Waals surface area (Å²) in [6.45, 7) is 4.26. The van der Waals surface area contributed by atoms with Gasteiger partial charge in [0.15, 0.2) is 11.5 Å². The summed E-state index contributed by atoms with van der Waals surface area (Å²) in [6, 6.07) is 16.7. The Bertz CT molecular complexity index is 680. The van der Waals surface area contributed by atoms with Crippen molar-refractivity contribution in [3.63, 3.8) is 0 Å². The molecule has 0 bridgehead atoms. The zero-order valence-corrected chi connectivity index (χ0v) is 17.0. The summed E-state index contributed by atoms with van der Waals surface area (Å²) in [4.78, 5) is 0. The molecule has 0 spiro atoms. The number of hydrogen-bond acceptors (Lipinski definition) is 6. The Morgan fingerprint density at radius 3 is 1.82 bits per heavy atom. The Morgan fingerprint density at radius 1 is 0.571 bits per heavy atom. The van der Waals surface area contributed by atoms with Gasteiger partial charge in [0.05, 0.1) is 39.6 Å². The normalized spacial score (nSPS) is 16.7. The molecule has 0 saturated heterocycles. The second kappa shape index (κ2) is 12.7. The molecular weight excluding hydrogens is 376 g/mol. The van der Waals surface area contributed by atoms with Crippen LogP contribution in [0.5, 0.6) is 11.5 Å². The fourth-order valence-electron chi connectivity index (χ4n) is 2.70. The molecule has 1 heterocycles. The third-order valence-corrected chi connectivity index (χ3v) is 5.18. The summed E-state index contributed by atoms with van der Waals surface area (Å²) in [5.74, 6) is 3.41. The lowest BCUT2D eigenvalue weighted by molar-refractivity contribution is 0.00708. The minimum atomic E-state index is 0.480. The molecule has 5 nitrogen and oxygen atoms in total. The van der Waals surface area contributed by atoms with Gasteiger partial charge in [-0.1, -0.05) is 36.4 Å². The summed E-state index contributed by atoms with van der Waals surface area (Å²) >= 11 is 1.89. The molecule has 0 saturated carbocycles. The summed E-state index contributed by atoms with van der Waals surface area (Å²) in [6.07, 6.45) is 0. The van der Waals surface area contributed by atoms with Crippen LogP contribution in [0.25, 0.3) is 0 Å². The van der Waals surface area contributed by atoms with Crippen LogP contribution in [0.2, 0.25) is 0 Å². The second-order valence-electron chi connectivity index (χ2n) is 6.29. The fourth-order valence-corrected chi connectivity index (χ4v) is 3.64. The third-order valence-electron chi connectivity index (χ3n) is 4.10. The molecule has 0 unspecified atom stereocenters. The van der Waals surface area contributed by atoms with Gasteiger partial charge in [-0.25, -0.2) is 0 Å². The minimum absolute atomic E-state index is 0.480. The SMILES string of the molecule is c1ccc(CSCc2ccc3c(c2)OCCOCCOCCOCCO3)cc1. The summed E-state index contributed by atoms with van der Waals surface area (Å²) in [5, 5.41) is 0. The molecule has 1 aliphatic heterocycles. The van der Waals surface area contributed by atoms with Crippen molar-refractivity contribution in [1.82, 2.24) is 0 Å². The maximum atomic E-state index is 5.93. The molecule has 2 aromatic rings. The van der Waals surface area contributed by atoms with Crippen LogP contribution in [0.3, 0.4) is 0 Å². The number of benzene rings is 2. The molecule has 0 aliphatic carbocycles. The molecule has 2 aromatic carbocycles. The first-order valence-electron chi connectivity index (χ1n) is 9.65. The molecule has 3 rings (SSSR count). The first-order valence-corrected chi connectivity index (χ1v) is 10.8. The third kappa shape index (κ3) is 7.72. The van der Waals surface area contributed by atoms with Crippen molar-refractivity contribution in [2.75, 3.05) is 52.9 Å². The molecule has 0 amide bonds. The van der Waals surface area contributed by atoms with Gasteiger partial charge >= 0.3 is 0 Å². The molecule has 0 atom stereocenters. The van der Waals surface area contributed by atoms with E-state index in [9.17, 15) is 0 Å². The van der Waals surface area contributed by atoms with Crippen LogP contribution in [0, 0.1) is 0 Å². The molecule has 28 heavy (non-hydrogen) atoms. The van der Waals surface area contributed by atoms with Crippen molar-refractivity contribution in [2.45, 2.75) is 11.5 Å². The van der Waals surface area contributed by atoms with Crippen LogP contribution in [-0.4, -0.2) is 52.9 Å². The van der Waals surface area contributed by atoms with Gasteiger partial charge in [0.1, 0.15) is 13.2 Å². The maximum absolute atomic E-state index is 5.93. The molecule has 0 N–H and O–H groups in total. The standard InChI is InChI=1S/C22H28O5S/c1-2-4-19(5-3-1)17-28-18-20-6-7-21-22(16-20)27-15-13-25-11-9-23-8-10-24-12-14-26-21/h1-7,16H,8-15,17-18H2. The topological polar surface area (TPSA) is 46.2 Å². The van der Waals surface area contributed by atoms with E-state index in [4.69, 9.17) is 23.7 Å². The summed E-state index contributed by atoms with van der Waals surface area (Å²) in [5.41, 5.74) is 2.55. The molecular formula is C22H28O5S. The highest BCUT2D eigenvalue weighted by Gasteiger charge is 2.08. The van der Waals surface area contributed by atoms with Crippen LogP contribution >= 0.6 is 11.8 Å². The minimum Gasteiger partial charge on any atom is -0.487 e. The maximum Gasteiger partial charge on any atom is 0.161 e. The highest BCUT2D eigenvalue weighted by molar-refractivity contribution is 7.97. The van der Waals surface area contributed by atoms with Gasteiger partial charge in [-0.05, 0) is 23.3 Å². The molecule has 1 aliphatic rings. The highest BCUT2D eigenvalue weighted by atomic mass is 32.2. The van der Waals surface area contributed by atoms with Gasteiger partial charge in [-0.15, -0.1) is 0 Å². The van der Waals surface area contributed by atoms with Crippen molar-refractivity contribution in [1.29, 1.82) is 0 Å². The predicted molar refractivity (Wildman–Crippen MR) is 111 cm³/mol. The number of hydrogen-bond donors (Lipinski definition) is 0. The first-order chi connectivity index (χ1) is 13.9. The van der Waals surface area contributed by atoms with Crippen molar-refractivity contribution in [3.8, 4) is 11.5 Å².